The molecule has 5 aromatic rings. The third kappa shape index (κ3) is 5.01. The largest absolute Gasteiger partial charge is 0.481 e. The molecule has 0 aliphatic carbocycles. The van der Waals surface area contributed by atoms with Gasteiger partial charge in [-0.2, -0.15) is 0 Å². The van der Waals surface area contributed by atoms with Crippen LogP contribution in [0.25, 0.3) is 16.9 Å². The molecule has 0 spiro atoms. The summed E-state index contributed by atoms with van der Waals surface area (Å²) in [5.74, 6) is -1.35. The van der Waals surface area contributed by atoms with Crippen LogP contribution in [0.5, 0.6) is 17.4 Å². The van der Waals surface area contributed by atoms with Crippen molar-refractivity contribution in [3.05, 3.63) is 106 Å². The second kappa shape index (κ2) is 10.3. The average Bonchev–Trinajstić information content (AvgIpc) is 2.91. The molecule has 0 bridgehead atoms. The zero-order chi connectivity index (χ0) is 27.7. The van der Waals surface area contributed by atoms with Gasteiger partial charge in [-0.25, -0.2) is 18.7 Å². The van der Waals surface area contributed by atoms with E-state index in [1.807, 2.05) is 0 Å². The second-order valence-corrected chi connectivity index (χ2v) is 8.55. The van der Waals surface area contributed by atoms with E-state index in [-0.39, 0.29) is 28.6 Å². The number of amides is 1. The predicted octanol–water partition coefficient (Wildman–Crippen LogP) is 5.12. The number of aromatic nitrogens is 4. The van der Waals surface area contributed by atoms with E-state index in [4.69, 9.17) is 9.47 Å². The monoisotopic (exact) mass is 529 g/mol. The summed E-state index contributed by atoms with van der Waals surface area (Å²) in [6.45, 7) is 3.27. The number of rotatable bonds is 6. The van der Waals surface area contributed by atoms with Gasteiger partial charge in [-0.05, 0) is 55.8 Å². The van der Waals surface area contributed by atoms with E-state index in [0.717, 1.165) is 12.3 Å². The molecule has 0 saturated carbocycles. The maximum absolute atomic E-state index is 15.0. The Kier molecular flexibility index (Phi) is 6.72. The zero-order valence-electron chi connectivity index (χ0n) is 21.0. The molecule has 0 aliphatic rings. The summed E-state index contributed by atoms with van der Waals surface area (Å²) in [4.78, 5) is 38.7. The van der Waals surface area contributed by atoms with Crippen LogP contribution >= 0.6 is 0 Å². The molecule has 11 heteroatoms. The number of ether oxygens (including phenoxy) is 2. The van der Waals surface area contributed by atoms with Gasteiger partial charge >= 0.3 is 0 Å². The van der Waals surface area contributed by atoms with E-state index >= 15 is 0 Å². The summed E-state index contributed by atoms with van der Waals surface area (Å²) in [5, 5.41) is 2.53. The van der Waals surface area contributed by atoms with Crippen molar-refractivity contribution in [1.29, 1.82) is 0 Å². The lowest BCUT2D eigenvalue weighted by molar-refractivity contribution is 0.102. The fourth-order valence-electron chi connectivity index (χ4n) is 3.99. The maximum atomic E-state index is 15.0. The Bertz CT molecular complexity index is 1810. The molecular formula is C28H21F2N5O4. The summed E-state index contributed by atoms with van der Waals surface area (Å²) in [6.07, 6.45) is 2.50. The van der Waals surface area contributed by atoms with Gasteiger partial charge in [0, 0.05) is 35.8 Å². The number of carbonyl (C=O) groups is 1. The first-order valence-corrected chi connectivity index (χ1v) is 11.7. The molecule has 9 nitrogen and oxygen atoms in total. The highest BCUT2D eigenvalue weighted by molar-refractivity contribution is 6.04. The van der Waals surface area contributed by atoms with Gasteiger partial charge in [0.2, 0.25) is 5.88 Å². The van der Waals surface area contributed by atoms with E-state index in [2.05, 4.69) is 20.3 Å². The van der Waals surface area contributed by atoms with Crippen LogP contribution in [-0.2, 0) is 0 Å². The zero-order valence-corrected chi connectivity index (χ0v) is 21.0. The molecule has 1 aromatic carbocycles. The van der Waals surface area contributed by atoms with E-state index in [9.17, 15) is 18.4 Å². The van der Waals surface area contributed by atoms with Gasteiger partial charge in [-0.15, -0.1) is 0 Å². The molecule has 1 amide bonds. The maximum Gasteiger partial charge on any atom is 0.269 e. The summed E-state index contributed by atoms with van der Waals surface area (Å²) in [5.41, 5.74) is 1.10. The third-order valence-corrected chi connectivity index (χ3v) is 5.89. The van der Waals surface area contributed by atoms with Gasteiger partial charge in [0.05, 0.1) is 18.8 Å². The summed E-state index contributed by atoms with van der Waals surface area (Å²) < 4.78 is 40.6. The number of nitrogens with one attached hydrogen (secondary N) is 1. The van der Waals surface area contributed by atoms with Crippen molar-refractivity contribution in [2.75, 3.05) is 12.4 Å². The quantitative estimate of drug-likeness (QED) is 0.325. The van der Waals surface area contributed by atoms with Crippen LogP contribution in [0.2, 0.25) is 0 Å². The minimum atomic E-state index is -0.756. The number of aryl methyl sites for hydroxylation is 2. The molecule has 0 atom stereocenters. The summed E-state index contributed by atoms with van der Waals surface area (Å²) in [6, 6.07) is 12.9. The minimum Gasteiger partial charge on any atom is -0.481 e. The van der Waals surface area contributed by atoms with E-state index in [0.29, 0.717) is 28.2 Å². The van der Waals surface area contributed by atoms with Crippen molar-refractivity contribution in [3.8, 4) is 23.2 Å². The molecule has 0 saturated heterocycles. The molecule has 0 unspecified atom stereocenters. The van der Waals surface area contributed by atoms with Crippen LogP contribution in [0, 0.1) is 25.5 Å². The van der Waals surface area contributed by atoms with Gasteiger partial charge in [0.1, 0.15) is 22.7 Å². The summed E-state index contributed by atoms with van der Waals surface area (Å²) >= 11 is 0. The normalized spacial score (nSPS) is 10.9. The fourth-order valence-corrected chi connectivity index (χ4v) is 3.99. The van der Waals surface area contributed by atoms with Crippen molar-refractivity contribution in [2.24, 2.45) is 0 Å². The number of halogens is 2. The Labute approximate surface area is 220 Å². The Balaban J connectivity index is 1.40. The topological polar surface area (TPSA) is 108 Å². The van der Waals surface area contributed by atoms with Crippen molar-refractivity contribution in [3.63, 3.8) is 0 Å². The lowest BCUT2D eigenvalue weighted by Gasteiger charge is -2.14. The van der Waals surface area contributed by atoms with Gasteiger partial charge in [0.25, 0.3) is 11.5 Å². The summed E-state index contributed by atoms with van der Waals surface area (Å²) in [7, 11) is 1.48. The van der Waals surface area contributed by atoms with Crippen LogP contribution in [-0.4, -0.2) is 32.5 Å². The molecule has 5 rings (SSSR count). The minimum absolute atomic E-state index is 0.104. The first kappa shape index (κ1) is 25.5. The van der Waals surface area contributed by atoms with Gasteiger partial charge in [-0.3, -0.25) is 19.1 Å². The average molecular weight is 530 g/mol. The number of benzene rings is 1. The lowest BCUT2D eigenvalue weighted by Crippen LogP contribution is -2.30. The highest BCUT2D eigenvalue weighted by Crippen LogP contribution is 2.31. The van der Waals surface area contributed by atoms with Crippen LogP contribution < -0.4 is 20.3 Å². The van der Waals surface area contributed by atoms with Gasteiger partial charge in [0.15, 0.2) is 17.3 Å². The SMILES string of the molecule is COc1ccc2nccc(Oc3ccc(NC(=O)c4ccc(C)n(-c5ncc(F)cc5C)c4=O)cc3F)c2n1. The first-order valence-electron chi connectivity index (χ1n) is 11.7. The molecule has 4 heterocycles. The number of methoxy groups -OCH3 is 1. The molecule has 196 valence electrons. The van der Waals surface area contributed by atoms with Crippen LogP contribution in [0.1, 0.15) is 21.6 Å². The highest BCUT2D eigenvalue weighted by Gasteiger charge is 2.18. The van der Waals surface area contributed by atoms with Crippen LogP contribution in [0.3, 0.4) is 0 Å². The number of hydrogen-bond donors (Lipinski definition) is 1. The Hall–Kier alpha value is -5.19. The number of pyridine rings is 4. The smallest absolute Gasteiger partial charge is 0.269 e. The number of carbonyl (C=O) groups excluding carboxylic acids is 1. The van der Waals surface area contributed by atoms with Crippen molar-refractivity contribution in [2.45, 2.75) is 13.8 Å². The highest BCUT2D eigenvalue weighted by atomic mass is 19.1. The third-order valence-electron chi connectivity index (χ3n) is 5.89. The fraction of sp³-hybridized carbons (Fsp3) is 0.107. The van der Waals surface area contributed by atoms with Crippen LogP contribution in [0.15, 0.2) is 71.8 Å². The van der Waals surface area contributed by atoms with E-state index < -0.39 is 23.1 Å². The van der Waals surface area contributed by atoms with Crippen molar-refractivity contribution < 1.29 is 23.0 Å². The molecule has 0 radical (unpaired) electrons. The number of hydrogen-bond acceptors (Lipinski definition) is 7. The second-order valence-electron chi connectivity index (χ2n) is 8.55. The van der Waals surface area contributed by atoms with Crippen molar-refractivity contribution in [1.82, 2.24) is 19.5 Å². The van der Waals surface area contributed by atoms with Crippen LogP contribution in [0.4, 0.5) is 14.5 Å². The van der Waals surface area contributed by atoms with Gasteiger partial charge in [-0.1, -0.05) is 0 Å². The Morgan fingerprint density at radius 1 is 0.974 bits per heavy atom. The predicted molar refractivity (Wildman–Crippen MR) is 140 cm³/mol. The molecule has 39 heavy (non-hydrogen) atoms. The molecule has 0 aliphatic heterocycles. The number of anilines is 1. The molecule has 1 N–H and O–H groups in total. The van der Waals surface area contributed by atoms with Gasteiger partial charge < -0.3 is 14.8 Å². The molecular weight excluding hydrogens is 508 g/mol. The van der Waals surface area contributed by atoms with E-state index in [1.165, 1.54) is 42.1 Å². The Morgan fingerprint density at radius 2 is 1.79 bits per heavy atom. The standard InChI is InChI=1S/C28H21F2N5O4/c1-15-12-17(29)14-32-26(15)35-16(2)4-6-19(28(35)37)27(36)33-18-5-8-22(20(30)13-18)39-23-10-11-31-21-7-9-24(38-3)34-25(21)23/h4-14H,1-3H3,(H,33,36). The van der Waals surface area contributed by atoms with E-state index in [1.54, 1.807) is 38.1 Å². The van der Waals surface area contributed by atoms with Crippen molar-refractivity contribution >= 4 is 22.6 Å². The Morgan fingerprint density at radius 3 is 2.54 bits per heavy atom. The number of nitrogens with zero attached hydrogens (tertiary/aromatic N) is 4. The molecule has 4 aromatic heterocycles. The number of fused-ring (bicyclic) bond motifs is 1. The first-order chi connectivity index (χ1) is 18.7. The molecule has 0 fully saturated rings. The lowest BCUT2D eigenvalue weighted by atomic mass is 10.2.